The Morgan fingerprint density at radius 3 is 1.00 bits per heavy atom. The van der Waals surface area contributed by atoms with Crippen LogP contribution < -0.4 is 0 Å². The van der Waals surface area contributed by atoms with E-state index in [1.165, 1.54) is 0 Å². The minimum atomic E-state index is 0. The summed E-state index contributed by atoms with van der Waals surface area (Å²) >= 11 is 0. The molecule has 0 amide bonds. The summed E-state index contributed by atoms with van der Waals surface area (Å²) < 4.78 is 0. The summed E-state index contributed by atoms with van der Waals surface area (Å²) in [5, 5.41) is 0. The fraction of sp³-hybridized carbons (Fsp3) is 0. The first-order valence-electron chi connectivity index (χ1n) is 0. The van der Waals surface area contributed by atoms with E-state index >= 15 is 0 Å². The second kappa shape index (κ2) is 36.0. The van der Waals surface area contributed by atoms with Crippen molar-refractivity contribution in [3.8, 4) is 0 Å². The van der Waals surface area contributed by atoms with Crippen molar-refractivity contribution >= 4 is 69.5 Å². The molecule has 3 radical (unpaired) electrons. The van der Waals surface area contributed by atoms with Crippen LogP contribution in [-0.2, 0) is 54.3 Å². The Balaban J connectivity index is 0. The van der Waals surface area contributed by atoms with Crippen LogP contribution in [-0.4, -0.2) is 69.5 Å². The summed E-state index contributed by atoms with van der Waals surface area (Å²) in [6.45, 7) is 0. The van der Waals surface area contributed by atoms with Gasteiger partial charge in [0.05, 0.1) is 0 Å². The van der Waals surface area contributed by atoms with E-state index < -0.39 is 0 Å². The van der Waals surface area contributed by atoms with Gasteiger partial charge in [-0.1, -0.05) is 0 Å². The van der Waals surface area contributed by atoms with Gasteiger partial charge >= 0.3 is 69.5 Å². The summed E-state index contributed by atoms with van der Waals surface area (Å²) in [7, 11) is 0. The van der Waals surface area contributed by atoms with Gasteiger partial charge in [-0.25, -0.2) is 0 Å². The predicted molar refractivity (Wildman–Crippen MR) is 28.4 cm³/mol. The van der Waals surface area contributed by atoms with E-state index in [4.69, 9.17) is 0 Å². The van der Waals surface area contributed by atoms with Crippen LogP contribution in [0.3, 0.4) is 0 Å². The zero-order chi connectivity index (χ0) is 0. The van der Waals surface area contributed by atoms with E-state index in [9.17, 15) is 0 Å². The summed E-state index contributed by atoms with van der Waals surface area (Å²) in [6.07, 6.45) is 0. The van der Waals surface area contributed by atoms with Crippen LogP contribution in [0.5, 0.6) is 0 Å². The van der Waals surface area contributed by atoms with Gasteiger partial charge in [0.1, 0.15) is 0 Å². The van der Waals surface area contributed by atoms with Gasteiger partial charge in [0.2, 0.25) is 0 Å². The van der Waals surface area contributed by atoms with E-state index in [1.807, 2.05) is 0 Å². The van der Waals surface area contributed by atoms with Gasteiger partial charge in [0.25, 0.3) is 0 Å². The fourth-order valence-electron chi connectivity index (χ4n) is 0. The number of hydrogen-bond donors (Lipinski definition) is 0. The summed E-state index contributed by atoms with van der Waals surface area (Å²) in [5.41, 5.74) is 0. The van der Waals surface area contributed by atoms with Crippen molar-refractivity contribution in [3.63, 3.8) is 0 Å². The first-order chi connectivity index (χ1) is 0. The van der Waals surface area contributed by atoms with E-state index in [2.05, 4.69) is 0 Å². The standard InChI is InChI=1S/Co.Ga.In.Ni.Pt.Sn.8H. The van der Waals surface area contributed by atoms with Gasteiger partial charge in [-0.2, -0.15) is 0 Å². The topological polar surface area (TPSA) is 0 Å². The molecular weight excluding hydrogens is 616 g/mol. The molecule has 0 aliphatic heterocycles. The van der Waals surface area contributed by atoms with Crippen LogP contribution in [0.15, 0.2) is 0 Å². The van der Waals surface area contributed by atoms with Crippen molar-refractivity contribution in [1.29, 1.82) is 0 Å². The molecule has 0 spiro atoms. The summed E-state index contributed by atoms with van der Waals surface area (Å²) in [6, 6.07) is 0. The molecule has 0 nitrogen and oxygen atoms in total. The SMILES string of the molecule is [Co].[GaH3].[InH3].[Ni].[Pt].[SnH2]. The molecule has 6 heavy (non-hydrogen) atoms. The second-order valence-electron chi connectivity index (χ2n) is 0. The van der Waals surface area contributed by atoms with Crippen LogP contribution in [0.4, 0.5) is 0 Å². The Morgan fingerprint density at radius 1 is 1.00 bits per heavy atom. The van der Waals surface area contributed by atoms with Crippen molar-refractivity contribution in [1.82, 2.24) is 0 Å². The third kappa shape index (κ3) is 24.5. The van der Waals surface area contributed by atoms with Gasteiger partial charge in [-0.05, 0) is 0 Å². The van der Waals surface area contributed by atoms with Crippen LogP contribution in [0, 0.1) is 0 Å². The van der Waals surface area contributed by atoms with Gasteiger partial charge in [-0.3, -0.25) is 0 Å². The molecule has 0 heterocycles. The average molecular weight is 624 g/mol. The maximum atomic E-state index is 0. The third-order valence-electron chi connectivity index (χ3n) is 0. The molecule has 0 aliphatic rings. The molecule has 0 aliphatic carbocycles. The van der Waals surface area contributed by atoms with Gasteiger partial charge in [-0.15, -0.1) is 0 Å². The zero-order valence-electron chi connectivity index (χ0n) is 1.67. The molecule has 47 valence electrons. The van der Waals surface area contributed by atoms with E-state index in [-0.39, 0.29) is 124 Å². The van der Waals surface area contributed by atoms with Crippen molar-refractivity contribution in [2.24, 2.45) is 0 Å². The van der Waals surface area contributed by atoms with Crippen molar-refractivity contribution in [2.75, 3.05) is 0 Å². The molecular formula is H8CoGaInNiPtSn. The Kier molecular flexibility index (Phi) is 304. The van der Waals surface area contributed by atoms with E-state index in [0.29, 0.717) is 0 Å². The second-order valence-corrected chi connectivity index (χ2v) is 0. The minimum absolute atomic E-state index is 0. The van der Waals surface area contributed by atoms with Gasteiger partial charge in [0.15, 0.2) is 0 Å². The summed E-state index contributed by atoms with van der Waals surface area (Å²) in [5.74, 6) is 0. The van der Waals surface area contributed by atoms with E-state index in [1.54, 1.807) is 0 Å². The maximum absolute atomic E-state index is 0. The van der Waals surface area contributed by atoms with Gasteiger partial charge in [0, 0.05) is 54.3 Å². The first kappa shape index (κ1) is 50.7. The molecule has 0 saturated carbocycles. The van der Waals surface area contributed by atoms with Crippen molar-refractivity contribution in [3.05, 3.63) is 0 Å². The van der Waals surface area contributed by atoms with Crippen LogP contribution in [0.1, 0.15) is 0 Å². The molecule has 0 unspecified atom stereocenters. The molecule has 6 heteroatoms. The van der Waals surface area contributed by atoms with E-state index in [0.717, 1.165) is 0 Å². The molecule has 0 aromatic rings. The predicted octanol–water partition coefficient (Wildman–Crippen LogP) is -3.29. The quantitative estimate of drug-likeness (QED) is 0.249. The average Bonchev–Trinajstić information content (AvgIpc) is 0. The molecule has 0 saturated heterocycles. The van der Waals surface area contributed by atoms with Crippen molar-refractivity contribution in [2.45, 2.75) is 0 Å². The van der Waals surface area contributed by atoms with Gasteiger partial charge < -0.3 is 0 Å². The normalized spacial score (nSPS) is 0. The molecule has 0 aromatic heterocycles. The first-order valence-corrected chi connectivity index (χ1v) is 0. The van der Waals surface area contributed by atoms with Crippen LogP contribution in [0.2, 0.25) is 0 Å². The Bertz CT molecular complexity index is 15.5. The number of hydrogen-bond acceptors (Lipinski definition) is 0. The molecule has 0 N–H and O–H groups in total. The Morgan fingerprint density at radius 2 is 1.00 bits per heavy atom. The van der Waals surface area contributed by atoms with Crippen LogP contribution in [0.25, 0.3) is 0 Å². The molecule has 0 aromatic carbocycles. The third-order valence-corrected chi connectivity index (χ3v) is 0. The molecule has 0 fully saturated rings. The van der Waals surface area contributed by atoms with Crippen LogP contribution >= 0.6 is 0 Å². The zero-order valence-corrected chi connectivity index (χ0v) is 10.0. The molecule has 0 bridgehead atoms. The van der Waals surface area contributed by atoms with Crippen molar-refractivity contribution < 1.29 is 54.3 Å². The molecule has 0 rings (SSSR count). The number of rotatable bonds is 0. The monoisotopic (exact) mass is 624 g/mol. The Hall–Kier alpha value is 3.99. The Labute approximate surface area is 121 Å². The summed E-state index contributed by atoms with van der Waals surface area (Å²) in [4.78, 5) is 0. The fourth-order valence-corrected chi connectivity index (χ4v) is 0. The molecule has 0 atom stereocenters.